The zero-order valence-electron chi connectivity index (χ0n) is 9.88. The van der Waals surface area contributed by atoms with Crippen LogP contribution >= 0.6 is 23.4 Å². The molecule has 0 aliphatic heterocycles. The molecule has 0 aromatic heterocycles. The third kappa shape index (κ3) is 3.39. The van der Waals surface area contributed by atoms with Crippen molar-refractivity contribution in [2.24, 2.45) is 0 Å². The predicted octanol–water partition coefficient (Wildman–Crippen LogP) is 4.12. The molecule has 2 rings (SSSR count). The first kappa shape index (κ1) is 13.7. The zero-order chi connectivity index (χ0) is 13.8. The van der Waals surface area contributed by atoms with Crippen LogP contribution in [0.25, 0.3) is 0 Å². The van der Waals surface area contributed by atoms with Crippen LogP contribution in [-0.4, -0.2) is 4.92 Å². The maximum atomic E-state index is 11.0. The number of halogens is 1. The number of anilines is 1. The van der Waals surface area contributed by atoms with Crippen molar-refractivity contribution in [2.75, 3.05) is 5.73 Å². The first-order chi connectivity index (χ1) is 9.08. The highest BCUT2D eigenvalue weighted by molar-refractivity contribution is 7.98. The fourth-order valence-electron chi connectivity index (χ4n) is 1.55. The second-order valence-corrected chi connectivity index (χ2v) is 5.30. The molecule has 0 aliphatic rings. The molecule has 0 saturated heterocycles. The largest absolute Gasteiger partial charge is 0.397 e. The van der Waals surface area contributed by atoms with E-state index in [-0.39, 0.29) is 10.7 Å². The lowest BCUT2D eigenvalue weighted by atomic mass is 10.2. The highest BCUT2D eigenvalue weighted by Gasteiger charge is 2.17. The molecule has 2 aromatic carbocycles. The molecule has 0 bridgehead atoms. The van der Waals surface area contributed by atoms with Crippen molar-refractivity contribution in [3.05, 3.63) is 63.2 Å². The van der Waals surface area contributed by atoms with Crippen molar-refractivity contribution in [1.82, 2.24) is 0 Å². The van der Waals surface area contributed by atoms with Gasteiger partial charge in [-0.3, -0.25) is 10.1 Å². The number of rotatable bonds is 4. The number of nitrogens with two attached hydrogens (primary N) is 1. The van der Waals surface area contributed by atoms with Crippen LogP contribution in [0.4, 0.5) is 11.4 Å². The van der Waals surface area contributed by atoms with Crippen LogP contribution in [0.15, 0.2) is 47.4 Å². The highest BCUT2D eigenvalue weighted by Crippen LogP contribution is 2.36. The van der Waals surface area contributed by atoms with E-state index >= 15 is 0 Å². The molecule has 0 aliphatic carbocycles. The zero-order valence-corrected chi connectivity index (χ0v) is 11.4. The van der Waals surface area contributed by atoms with Gasteiger partial charge in [-0.2, -0.15) is 0 Å². The van der Waals surface area contributed by atoms with Crippen LogP contribution in [0.2, 0.25) is 5.02 Å². The maximum Gasteiger partial charge on any atom is 0.284 e. The van der Waals surface area contributed by atoms with Crippen LogP contribution < -0.4 is 5.73 Å². The third-order valence-corrected chi connectivity index (χ3v) is 3.96. The van der Waals surface area contributed by atoms with Crippen LogP contribution in [-0.2, 0) is 5.75 Å². The predicted molar refractivity (Wildman–Crippen MR) is 78.5 cm³/mol. The van der Waals surface area contributed by atoms with E-state index < -0.39 is 4.92 Å². The Labute approximate surface area is 119 Å². The minimum Gasteiger partial charge on any atom is -0.397 e. The van der Waals surface area contributed by atoms with E-state index in [9.17, 15) is 10.1 Å². The molecule has 0 unspecified atom stereocenters. The summed E-state index contributed by atoms with van der Waals surface area (Å²) in [6.07, 6.45) is 0. The summed E-state index contributed by atoms with van der Waals surface area (Å²) in [6, 6.07) is 12.6. The van der Waals surface area contributed by atoms with Crippen LogP contribution in [0.3, 0.4) is 0 Å². The Balaban J connectivity index is 2.24. The quantitative estimate of drug-likeness (QED) is 0.398. The molecule has 6 heteroatoms. The van der Waals surface area contributed by atoms with Gasteiger partial charge >= 0.3 is 0 Å². The van der Waals surface area contributed by atoms with Crippen molar-refractivity contribution in [3.63, 3.8) is 0 Å². The molecular formula is C13H11ClN2O2S. The fraction of sp³-hybridized carbons (Fsp3) is 0.0769. The first-order valence-corrected chi connectivity index (χ1v) is 6.84. The summed E-state index contributed by atoms with van der Waals surface area (Å²) in [5.74, 6) is 0.642. The molecular weight excluding hydrogens is 284 g/mol. The van der Waals surface area contributed by atoms with E-state index in [0.29, 0.717) is 16.3 Å². The van der Waals surface area contributed by atoms with Gasteiger partial charge in [0.1, 0.15) is 0 Å². The van der Waals surface area contributed by atoms with Crippen molar-refractivity contribution in [1.29, 1.82) is 0 Å². The van der Waals surface area contributed by atoms with E-state index in [1.807, 2.05) is 30.3 Å². The second kappa shape index (κ2) is 5.95. The van der Waals surface area contributed by atoms with Gasteiger partial charge in [-0.25, -0.2) is 0 Å². The van der Waals surface area contributed by atoms with E-state index in [2.05, 4.69) is 0 Å². The lowest BCUT2D eigenvalue weighted by molar-refractivity contribution is -0.387. The van der Waals surface area contributed by atoms with Gasteiger partial charge in [-0.15, -0.1) is 11.8 Å². The maximum absolute atomic E-state index is 11.0. The Bertz CT molecular complexity index is 605. The summed E-state index contributed by atoms with van der Waals surface area (Å²) in [7, 11) is 0. The van der Waals surface area contributed by atoms with Crippen LogP contribution in [0.5, 0.6) is 0 Å². The molecule has 4 nitrogen and oxygen atoms in total. The van der Waals surface area contributed by atoms with Crippen LogP contribution in [0.1, 0.15) is 5.56 Å². The Hall–Kier alpha value is -1.72. The SMILES string of the molecule is Nc1cc(SCc2ccccc2)c([N+](=O)[O-])cc1Cl. The molecule has 2 N–H and O–H groups in total. The summed E-state index contributed by atoms with van der Waals surface area (Å²) < 4.78 is 0. The third-order valence-electron chi connectivity index (χ3n) is 2.51. The van der Waals surface area contributed by atoms with Gasteiger partial charge < -0.3 is 5.73 Å². The molecule has 0 amide bonds. The van der Waals surface area contributed by atoms with Crippen LogP contribution in [0, 0.1) is 10.1 Å². The van der Waals surface area contributed by atoms with E-state index in [0.717, 1.165) is 5.56 Å². The standard InChI is InChI=1S/C13H11ClN2O2S/c14-10-6-12(16(17)18)13(7-11(10)15)19-8-9-4-2-1-3-5-9/h1-7H,8,15H2. The lowest BCUT2D eigenvalue weighted by Crippen LogP contribution is -1.95. The van der Waals surface area contributed by atoms with E-state index in [1.165, 1.54) is 17.8 Å². The number of hydrogen-bond acceptors (Lipinski definition) is 4. The summed E-state index contributed by atoms with van der Waals surface area (Å²) >= 11 is 7.18. The minimum absolute atomic E-state index is 0.0138. The van der Waals surface area contributed by atoms with E-state index in [1.54, 1.807) is 6.07 Å². The van der Waals surface area contributed by atoms with Gasteiger partial charge in [-0.1, -0.05) is 41.9 Å². The van der Waals surface area contributed by atoms with Gasteiger partial charge in [0.15, 0.2) is 0 Å². The smallest absolute Gasteiger partial charge is 0.284 e. The number of nitro benzene ring substituents is 1. The average Bonchev–Trinajstić information content (AvgIpc) is 2.40. The number of nitrogen functional groups attached to an aromatic ring is 1. The molecule has 0 spiro atoms. The average molecular weight is 295 g/mol. The summed E-state index contributed by atoms with van der Waals surface area (Å²) in [5, 5.41) is 11.2. The number of benzene rings is 2. The molecule has 0 radical (unpaired) electrons. The van der Waals surface area contributed by atoms with Crippen molar-refractivity contribution in [3.8, 4) is 0 Å². The monoisotopic (exact) mass is 294 g/mol. The van der Waals surface area contributed by atoms with Gasteiger partial charge in [0.05, 0.1) is 20.5 Å². The van der Waals surface area contributed by atoms with Gasteiger partial charge in [-0.05, 0) is 11.6 Å². The second-order valence-electron chi connectivity index (χ2n) is 3.87. The molecule has 19 heavy (non-hydrogen) atoms. The van der Waals surface area contributed by atoms with E-state index in [4.69, 9.17) is 17.3 Å². The Morgan fingerprint density at radius 1 is 1.26 bits per heavy atom. The summed E-state index contributed by atoms with van der Waals surface area (Å²) in [4.78, 5) is 11.1. The molecule has 0 heterocycles. The Kier molecular flexibility index (Phi) is 4.29. The number of nitrogens with zero attached hydrogens (tertiary/aromatic N) is 1. The summed E-state index contributed by atoms with van der Waals surface area (Å²) in [6.45, 7) is 0. The normalized spacial score (nSPS) is 10.4. The number of hydrogen-bond donors (Lipinski definition) is 1. The fourth-order valence-corrected chi connectivity index (χ4v) is 2.72. The lowest BCUT2D eigenvalue weighted by Gasteiger charge is -2.06. The van der Waals surface area contributed by atoms with Gasteiger partial charge in [0, 0.05) is 11.8 Å². The van der Waals surface area contributed by atoms with Gasteiger partial charge in [0.25, 0.3) is 5.69 Å². The highest BCUT2D eigenvalue weighted by atomic mass is 35.5. The molecule has 98 valence electrons. The molecule has 0 saturated carbocycles. The minimum atomic E-state index is -0.446. The summed E-state index contributed by atoms with van der Waals surface area (Å²) in [5.41, 5.74) is 7.12. The first-order valence-electron chi connectivity index (χ1n) is 5.48. The Morgan fingerprint density at radius 2 is 1.95 bits per heavy atom. The van der Waals surface area contributed by atoms with Crippen molar-refractivity contribution in [2.45, 2.75) is 10.6 Å². The molecule has 0 atom stereocenters. The van der Waals surface area contributed by atoms with Crippen molar-refractivity contribution >= 4 is 34.7 Å². The number of nitro groups is 1. The molecule has 0 fully saturated rings. The van der Waals surface area contributed by atoms with Crippen molar-refractivity contribution < 1.29 is 4.92 Å². The molecule has 2 aromatic rings. The number of thioether (sulfide) groups is 1. The Morgan fingerprint density at radius 3 is 2.58 bits per heavy atom. The van der Waals surface area contributed by atoms with Gasteiger partial charge in [0.2, 0.25) is 0 Å². The topological polar surface area (TPSA) is 69.2 Å².